The first kappa shape index (κ1) is 27.8. The SMILES string of the molecule is N#Cc1ccc(COc2cccc(C3CCN(Cc4nc5ccc(C(=O)O)cc5n4C[C@H]4CCOC4)CC3)n2)c(F)c1. The van der Waals surface area contributed by atoms with E-state index in [-0.39, 0.29) is 23.7 Å². The van der Waals surface area contributed by atoms with Crippen molar-refractivity contribution in [2.75, 3.05) is 26.3 Å². The molecule has 0 amide bonds. The molecule has 2 aromatic heterocycles. The fourth-order valence-corrected chi connectivity index (χ4v) is 5.83. The minimum absolute atomic E-state index is 0.0361. The standard InChI is InChI=1S/C32H32FN5O4/c33-26-14-21(16-34)4-5-25(26)20-42-31-3-1-2-27(36-31)23-8-11-37(12-9-23)18-30-35-28-7-6-24(32(39)40)15-29(28)38(30)17-22-10-13-41-19-22/h1-7,14-15,22-23H,8-13,17-20H2,(H,39,40)/t22-/m1/s1. The number of aromatic carboxylic acids is 1. The van der Waals surface area contributed by atoms with E-state index in [0.717, 1.165) is 68.1 Å². The van der Waals surface area contributed by atoms with Crippen molar-refractivity contribution in [3.8, 4) is 11.9 Å². The van der Waals surface area contributed by atoms with Gasteiger partial charge in [0, 0.05) is 42.3 Å². The van der Waals surface area contributed by atoms with Crippen LogP contribution in [0.1, 0.15) is 58.2 Å². The van der Waals surface area contributed by atoms with E-state index >= 15 is 0 Å². The molecule has 0 spiro atoms. The van der Waals surface area contributed by atoms with Crippen molar-refractivity contribution in [1.82, 2.24) is 19.4 Å². The van der Waals surface area contributed by atoms with Gasteiger partial charge in [0.1, 0.15) is 18.2 Å². The van der Waals surface area contributed by atoms with Gasteiger partial charge in [-0.3, -0.25) is 4.90 Å². The van der Waals surface area contributed by atoms with Crippen LogP contribution in [0.2, 0.25) is 0 Å². The van der Waals surface area contributed by atoms with Crippen molar-refractivity contribution in [2.45, 2.75) is 44.9 Å². The fourth-order valence-electron chi connectivity index (χ4n) is 5.83. The van der Waals surface area contributed by atoms with Crippen molar-refractivity contribution in [1.29, 1.82) is 5.26 Å². The Hall–Kier alpha value is -4.33. The second-order valence-corrected chi connectivity index (χ2v) is 11.0. The highest BCUT2D eigenvalue weighted by Crippen LogP contribution is 2.30. The zero-order valence-corrected chi connectivity index (χ0v) is 23.2. The van der Waals surface area contributed by atoms with Crippen molar-refractivity contribution < 1.29 is 23.8 Å². The summed E-state index contributed by atoms with van der Waals surface area (Å²) in [7, 11) is 0. The topological polar surface area (TPSA) is 114 Å². The maximum atomic E-state index is 14.2. The van der Waals surface area contributed by atoms with E-state index in [0.29, 0.717) is 30.5 Å². The summed E-state index contributed by atoms with van der Waals surface area (Å²) >= 11 is 0. The van der Waals surface area contributed by atoms with Gasteiger partial charge in [-0.1, -0.05) is 12.1 Å². The lowest BCUT2D eigenvalue weighted by Crippen LogP contribution is -2.33. The minimum Gasteiger partial charge on any atom is -0.478 e. The lowest BCUT2D eigenvalue weighted by molar-refractivity contribution is 0.0697. The highest BCUT2D eigenvalue weighted by Gasteiger charge is 2.25. The van der Waals surface area contributed by atoms with Crippen molar-refractivity contribution in [3.63, 3.8) is 0 Å². The van der Waals surface area contributed by atoms with Gasteiger partial charge in [-0.25, -0.2) is 19.2 Å². The fraction of sp³-hybridized carbons (Fsp3) is 0.375. The number of halogens is 1. The molecule has 1 N–H and O–H groups in total. The van der Waals surface area contributed by atoms with Crippen LogP contribution in [0.4, 0.5) is 4.39 Å². The molecule has 2 aromatic carbocycles. The van der Waals surface area contributed by atoms with E-state index in [1.807, 2.05) is 18.2 Å². The summed E-state index contributed by atoms with van der Waals surface area (Å²) in [4.78, 5) is 23.7. The van der Waals surface area contributed by atoms with Gasteiger partial charge in [-0.05, 0) is 68.8 Å². The molecule has 2 aliphatic heterocycles. The normalized spacial score (nSPS) is 17.9. The van der Waals surface area contributed by atoms with Gasteiger partial charge in [0.15, 0.2) is 0 Å². The molecule has 0 radical (unpaired) electrons. The van der Waals surface area contributed by atoms with Crippen LogP contribution in [0.15, 0.2) is 54.6 Å². The van der Waals surface area contributed by atoms with Gasteiger partial charge in [-0.2, -0.15) is 5.26 Å². The maximum Gasteiger partial charge on any atom is 0.335 e. The third kappa shape index (κ3) is 6.12. The summed E-state index contributed by atoms with van der Waals surface area (Å²) in [5, 5.41) is 18.5. The maximum absolute atomic E-state index is 14.2. The van der Waals surface area contributed by atoms with Crippen LogP contribution in [0.25, 0.3) is 11.0 Å². The third-order valence-corrected chi connectivity index (χ3v) is 8.21. The number of fused-ring (bicyclic) bond motifs is 1. The van der Waals surface area contributed by atoms with Gasteiger partial charge >= 0.3 is 5.97 Å². The Bertz CT molecular complexity index is 1630. The first-order valence-corrected chi connectivity index (χ1v) is 14.3. The van der Waals surface area contributed by atoms with Gasteiger partial charge < -0.3 is 19.1 Å². The number of pyridine rings is 1. The highest BCUT2D eigenvalue weighted by atomic mass is 19.1. The largest absolute Gasteiger partial charge is 0.478 e. The zero-order chi connectivity index (χ0) is 29.1. The number of aromatic nitrogens is 3. The van der Waals surface area contributed by atoms with E-state index in [1.165, 1.54) is 6.07 Å². The third-order valence-electron chi connectivity index (χ3n) is 8.21. The molecule has 2 aliphatic rings. The first-order valence-electron chi connectivity index (χ1n) is 14.3. The summed E-state index contributed by atoms with van der Waals surface area (Å²) in [5.74, 6) is 0.649. The molecule has 10 heteroatoms. The zero-order valence-electron chi connectivity index (χ0n) is 23.2. The Morgan fingerprint density at radius 3 is 2.71 bits per heavy atom. The van der Waals surface area contributed by atoms with Gasteiger partial charge in [0.2, 0.25) is 5.88 Å². The number of carbonyl (C=O) groups is 1. The van der Waals surface area contributed by atoms with E-state index in [4.69, 9.17) is 24.7 Å². The molecule has 0 saturated carbocycles. The number of rotatable bonds is 9. The molecule has 0 bridgehead atoms. The Morgan fingerprint density at radius 1 is 1.12 bits per heavy atom. The number of hydrogen-bond acceptors (Lipinski definition) is 7. The second-order valence-electron chi connectivity index (χ2n) is 11.0. The number of carboxylic acids is 1. The Kier molecular flexibility index (Phi) is 8.13. The van der Waals surface area contributed by atoms with Crippen LogP contribution in [-0.2, 0) is 24.4 Å². The Balaban J connectivity index is 1.11. The number of hydrogen-bond donors (Lipinski definition) is 1. The van der Waals surface area contributed by atoms with Crippen LogP contribution in [0.5, 0.6) is 5.88 Å². The van der Waals surface area contributed by atoms with E-state index in [9.17, 15) is 14.3 Å². The number of nitrogens with zero attached hydrogens (tertiary/aromatic N) is 5. The first-order chi connectivity index (χ1) is 20.5. The Morgan fingerprint density at radius 2 is 1.98 bits per heavy atom. The highest BCUT2D eigenvalue weighted by molar-refractivity contribution is 5.92. The average molecular weight is 570 g/mol. The lowest BCUT2D eigenvalue weighted by Gasteiger charge is -2.31. The summed E-state index contributed by atoms with van der Waals surface area (Å²) in [6.07, 6.45) is 2.85. The van der Waals surface area contributed by atoms with E-state index in [2.05, 4.69) is 9.47 Å². The quantitative estimate of drug-likeness (QED) is 0.295. The molecule has 1 atom stereocenters. The molecule has 6 rings (SSSR count). The molecule has 4 heterocycles. The van der Waals surface area contributed by atoms with Gasteiger partial charge in [0.05, 0.1) is 41.4 Å². The van der Waals surface area contributed by atoms with Crippen molar-refractivity contribution in [3.05, 3.63) is 88.6 Å². The molecule has 216 valence electrons. The second kappa shape index (κ2) is 12.3. The van der Waals surface area contributed by atoms with Crippen LogP contribution >= 0.6 is 0 Å². The number of carboxylic acid groups (broad SMARTS) is 1. The number of piperidine rings is 1. The molecule has 9 nitrogen and oxygen atoms in total. The molecule has 4 aromatic rings. The van der Waals surface area contributed by atoms with Crippen molar-refractivity contribution >= 4 is 17.0 Å². The van der Waals surface area contributed by atoms with Crippen LogP contribution in [0, 0.1) is 23.1 Å². The van der Waals surface area contributed by atoms with Gasteiger partial charge in [0.25, 0.3) is 0 Å². The smallest absolute Gasteiger partial charge is 0.335 e. The van der Waals surface area contributed by atoms with Gasteiger partial charge in [-0.15, -0.1) is 0 Å². The van der Waals surface area contributed by atoms with E-state index < -0.39 is 11.8 Å². The minimum atomic E-state index is -0.943. The predicted octanol–water partition coefficient (Wildman–Crippen LogP) is 5.14. The predicted molar refractivity (Wildman–Crippen MR) is 153 cm³/mol. The summed E-state index contributed by atoms with van der Waals surface area (Å²) in [6, 6.07) is 17.1. The number of benzene rings is 2. The van der Waals surface area contributed by atoms with E-state index in [1.54, 1.807) is 36.4 Å². The molecule has 2 fully saturated rings. The monoisotopic (exact) mass is 569 g/mol. The van der Waals surface area contributed by atoms with Crippen LogP contribution < -0.4 is 4.74 Å². The molecular weight excluding hydrogens is 537 g/mol. The lowest BCUT2D eigenvalue weighted by atomic mass is 9.93. The molecular formula is C32H32FN5O4. The average Bonchev–Trinajstić information content (AvgIpc) is 3.65. The molecule has 0 unspecified atom stereocenters. The summed E-state index contributed by atoms with van der Waals surface area (Å²) in [5.41, 5.74) is 3.54. The number of nitriles is 1. The number of ether oxygens (including phenoxy) is 2. The molecule has 0 aliphatic carbocycles. The number of likely N-dealkylation sites (tertiary alicyclic amines) is 1. The Labute approximate surface area is 243 Å². The molecule has 42 heavy (non-hydrogen) atoms. The number of imidazole rings is 1. The van der Waals surface area contributed by atoms with Crippen LogP contribution in [-0.4, -0.2) is 56.8 Å². The molecule has 2 saturated heterocycles. The van der Waals surface area contributed by atoms with Crippen LogP contribution in [0.3, 0.4) is 0 Å². The van der Waals surface area contributed by atoms with Crippen molar-refractivity contribution in [2.24, 2.45) is 5.92 Å². The summed E-state index contributed by atoms with van der Waals surface area (Å²) in [6.45, 7) is 4.70. The summed E-state index contributed by atoms with van der Waals surface area (Å²) < 4.78 is 27.8.